The van der Waals surface area contributed by atoms with E-state index in [1.807, 2.05) is 12.1 Å². The van der Waals surface area contributed by atoms with E-state index >= 15 is 0 Å². The van der Waals surface area contributed by atoms with Crippen LogP contribution >= 0.6 is 0 Å². The lowest BCUT2D eigenvalue weighted by atomic mass is 9.87. The standard InChI is InChI=1S/C16H20N2O3/c1-5-10-18(11-14(19)20)15(21)17-13-8-6-12(7-9-13)16(2,3)4/h1,6-9H,10-11H2,2-4H3,(H,17,21)(H,19,20). The quantitative estimate of drug-likeness (QED) is 0.836. The first kappa shape index (κ1) is 16.6. The van der Waals surface area contributed by atoms with Gasteiger partial charge in [0, 0.05) is 5.69 Å². The molecule has 1 aromatic rings. The highest BCUT2D eigenvalue weighted by Crippen LogP contribution is 2.23. The van der Waals surface area contributed by atoms with Crippen LogP contribution in [0.1, 0.15) is 26.3 Å². The summed E-state index contributed by atoms with van der Waals surface area (Å²) in [7, 11) is 0. The number of hydrogen-bond acceptors (Lipinski definition) is 2. The Hall–Kier alpha value is -2.48. The Bertz CT molecular complexity index is 550. The minimum Gasteiger partial charge on any atom is -0.480 e. The third-order valence-corrected chi connectivity index (χ3v) is 2.90. The fourth-order valence-corrected chi connectivity index (χ4v) is 1.73. The summed E-state index contributed by atoms with van der Waals surface area (Å²) >= 11 is 0. The summed E-state index contributed by atoms with van der Waals surface area (Å²) in [6.07, 6.45) is 5.14. The number of hydrogen-bond donors (Lipinski definition) is 2. The Morgan fingerprint density at radius 2 is 1.86 bits per heavy atom. The van der Waals surface area contributed by atoms with E-state index < -0.39 is 18.5 Å². The number of carboxylic acids is 1. The van der Waals surface area contributed by atoms with Crippen molar-refractivity contribution in [3.05, 3.63) is 29.8 Å². The van der Waals surface area contributed by atoms with E-state index in [9.17, 15) is 9.59 Å². The molecule has 0 aromatic heterocycles. The zero-order chi connectivity index (χ0) is 16.0. The van der Waals surface area contributed by atoms with E-state index in [4.69, 9.17) is 11.5 Å². The molecule has 5 nitrogen and oxygen atoms in total. The van der Waals surface area contributed by atoms with Crippen molar-refractivity contribution in [3.8, 4) is 12.3 Å². The molecule has 21 heavy (non-hydrogen) atoms. The number of carboxylic acid groups (broad SMARTS) is 1. The summed E-state index contributed by atoms with van der Waals surface area (Å²) in [6, 6.07) is 6.90. The molecule has 0 heterocycles. The fraction of sp³-hybridized carbons (Fsp3) is 0.375. The van der Waals surface area contributed by atoms with Gasteiger partial charge in [-0.3, -0.25) is 4.79 Å². The molecule has 0 aliphatic rings. The number of carbonyl (C=O) groups is 2. The van der Waals surface area contributed by atoms with Crippen molar-refractivity contribution in [2.75, 3.05) is 18.4 Å². The Morgan fingerprint density at radius 3 is 2.29 bits per heavy atom. The van der Waals surface area contributed by atoms with Crippen molar-refractivity contribution in [2.24, 2.45) is 0 Å². The topological polar surface area (TPSA) is 69.6 Å². The summed E-state index contributed by atoms with van der Waals surface area (Å²) in [6.45, 7) is 5.81. The van der Waals surface area contributed by atoms with Gasteiger partial charge in [-0.25, -0.2) is 4.79 Å². The second kappa shape index (κ2) is 6.80. The lowest BCUT2D eigenvalue weighted by Crippen LogP contribution is -2.39. The van der Waals surface area contributed by atoms with Crippen LogP contribution in [-0.4, -0.2) is 35.1 Å². The van der Waals surface area contributed by atoms with Crippen molar-refractivity contribution in [1.82, 2.24) is 4.90 Å². The van der Waals surface area contributed by atoms with Crippen molar-refractivity contribution in [3.63, 3.8) is 0 Å². The number of anilines is 1. The smallest absolute Gasteiger partial charge is 0.323 e. The van der Waals surface area contributed by atoms with Crippen molar-refractivity contribution in [1.29, 1.82) is 0 Å². The van der Waals surface area contributed by atoms with Crippen LogP contribution < -0.4 is 5.32 Å². The van der Waals surface area contributed by atoms with E-state index in [2.05, 4.69) is 32.0 Å². The van der Waals surface area contributed by atoms with Crippen LogP contribution in [0, 0.1) is 12.3 Å². The summed E-state index contributed by atoms with van der Waals surface area (Å²) in [4.78, 5) is 23.7. The van der Waals surface area contributed by atoms with E-state index in [0.29, 0.717) is 5.69 Å². The fourth-order valence-electron chi connectivity index (χ4n) is 1.73. The van der Waals surface area contributed by atoms with Crippen LogP contribution in [0.25, 0.3) is 0 Å². The molecule has 5 heteroatoms. The predicted molar refractivity (Wildman–Crippen MR) is 82.2 cm³/mol. The molecular weight excluding hydrogens is 268 g/mol. The first-order valence-corrected chi connectivity index (χ1v) is 6.56. The number of carbonyl (C=O) groups excluding carboxylic acids is 1. The minimum atomic E-state index is -1.11. The molecule has 0 bridgehead atoms. The van der Waals surface area contributed by atoms with E-state index in [1.54, 1.807) is 12.1 Å². The lowest BCUT2D eigenvalue weighted by molar-refractivity contribution is -0.137. The molecule has 0 saturated carbocycles. The van der Waals surface area contributed by atoms with Gasteiger partial charge in [-0.2, -0.15) is 0 Å². The zero-order valence-electron chi connectivity index (χ0n) is 12.5. The molecule has 0 aliphatic carbocycles. The highest BCUT2D eigenvalue weighted by molar-refractivity contribution is 5.91. The van der Waals surface area contributed by atoms with Crippen LogP contribution in [0.5, 0.6) is 0 Å². The number of nitrogens with zero attached hydrogens (tertiary/aromatic N) is 1. The molecule has 0 atom stereocenters. The van der Waals surface area contributed by atoms with Crippen LogP contribution in [0.15, 0.2) is 24.3 Å². The second-order valence-corrected chi connectivity index (χ2v) is 5.71. The first-order chi connectivity index (χ1) is 9.74. The maximum Gasteiger partial charge on any atom is 0.323 e. The van der Waals surface area contributed by atoms with Gasteiger partial charge in [0.15, 0.2) is 0 Å². The third kappa shape index (κ3) is 5.19. The highest BCUT2D eigenvalue weighted by Gasteiger charge is 2.17. The lowest BCUT2D eigenvalue weighted by Gasteiger charge is -2.21. The van der Waals surface area contributed by atoms with Crippen LogP contribution in [0.2, 0.25) is 0 Å². The van der Waals surface area contributed by atoms with E-state index in [0.717, 1.165) is 10.5 Å². The number of rotatable bonds is 4. The van der Waals surface area contributed by atoms with Crippen molar-refractivity contribution >= 4 is 17.7 Å². The maximum atomic E-state index is 12.0. The number of aliphatic carboxylic acids is 1. The van der Waals surface area contributed by atoms with Gasteiger partial charge in [0.2, 0.25) is 0 Å². The highest BCUT2D eigenvalue weighted by atomic mass is 16.4. The molecule has 2 N–H and O–H groups in total. The largest absolute Gasteiger partial charge is 0.480 e. The SMILES string of the molecule is C#CCN(CC(=O)O)C(=O)Nc1ccc(C(C)(C)C)cc1. The summed E-state index contributed by atoms with van der Waals surface area (Å²) < 4.78 is 0. The molecule has 2 amide bonds. The molecule has 1 aromatic carbocycles. The van der Waals surface area contributed by atoms with Gasteiger partial charge in [-0.1, -0.05) is 38.8 Å². The normalized spacial score (nSPS) is 10.6. The van der Waals surface area contributed by atoms with Gasteiger partial charge in [-0.15, -0.1) is 6.42 Å². The number of urea groups is 1. The zero-order valence-corrected chi connectivity index (χ0v) is 12.5. The van der Waals surface area contributed by atoms with Gasteiger partial charge < -0.3 is 15.3 Å². The molecule has 0 saturated heterocycles. The van der Waals surface area contributed by atoms with Crippen molar-refractivity contribution in [2.45, 2.75) is 26.2 Å². The second-order valence-electron chi connectivity index (χ2n) is 5.71. The Labute approximate surface area is 125 Å². The van der Waals surface area contributed by atoms with Crippen molar-refractivity contribution < 1.29 is 14.7 Å². The molecular formula is C16H20N2O3. The average Bonchev–Trinajstić information content (AvgIpc) is 2.37. The van der Waals surface area contributed by atoms with E-state index in [-0.39, 0.29) is 12.0 Å². The molecule has 0 spiro atoms. The molecule has 0 unspecified atom stereocenters. The molecule has 0 aliphatic heterocycles. The molecule has 0 radical (unpaired) electrons. The number of amides is 2. The monoisotopic (exact) mass is 288 g/mol. The van der Waals surface area contributed by atoms with Gasteiger partial charge >= 0.3 is 12.0 Å². The van der Waals surface area contributed by atoms with Gasteiger partial charge in [0.25, 0.3) is 0 Å². The number of terminal acetylenes is 1. The Balaban J connectivity index is 2.77. The molecule has 1 rings (SSSR count). The number of nitrogens with one attached hydrogen (secondary N) is 1. The Kier molecular flexibility index (Phi) is 5.37. The summed E-state index contributed by atoms with van der Waals surface area (Å²) in [5.74, 6) is 1.16. The summed E-state index contributed by atoms with van der Waals surface area (Å²) in [5.41, 5.74) is 1.77. The van der Waals surface area contributed by atoms with Gasteiger partial charge in [0.05, 0.1) is 6.54 Å². The molecule has 0 fully saturated rings. The minimum absolute atomic E-state index is 0.0291. The average molecular weight is 288 g/mol. The predicted octanol–water partition coefficient (Wildman–Crippen LogP) is 2.54. The van der Waals surface area contributed by atoms with Crippen LogP contribution in [0.4, 0.5) is 10.5 Å². The number of benzene rings is 1. The Morgan fingerprint density at radius 1 is 1.29 bits per heavy atom. The third-order valence-electron chi connectivity index (χ3n) is 2.90. The summed E-state index contributed by atoms with van der Waals surface area (Å²) in [5, 5.41) is 11.4. The van der Waals surface area contributed by atoms with Gasteiger partial charge in [0.1, 0.15) is 6.54 Å². The first-order valence-electron chi connectivity index (χ1n) is 6.56. The van der Waals surface area contributed by atoms with Crippen LogP contribution in [-0.2, 0) is 10.2 Å². The maximum absolute atomic E-state index is 12.0. The molecule has 112 valence electrons. The van der Waals surface area contributed by atoms with Gasteiger partial charge in [-0.05, 0) is 23.1 Å². The van der Waals surface area contributed by atoms with Crippen LogP contribution in [0.3, 0.4) is 0 Å². The van der Waals surface area contributed by atoms with E-state index in [1.165, 1.54) is 0 Å².